The molecule has 0 spiro atoms. The predicted octanol–water partition coefficient (Wildman–Crippen LogP) is 1.44. The summed E-state index contributed by atoms with van der Waals surface area (Å²) in [5.41, 5.74) is 7.70. The van der Waals surface area contributed by atoms with Crippen molar-refractivity contribution in [3.8, 4) is 0 Å². The van der Waals surface area contributed by atoms with E-state index in [-0.39, 0.29) is 0 Å². The van der Waals surface area contributed by atoms with E-state index in [1.54, 1.807) is 6.20 Å². The lowest BCUT2D eigenvalue weighted by atomic mass is 10.3. The molecule has 0 unspecified atom stereocenters. The van der Waals surface area contributed by atoms with Gasteiger partial charge in [0.2, 0.25) is 5.16 Å². The van der Waals surface area contributed by atoms with Gasteiger partial charge in [-0.25, -0.2) is 9.67 Å². The number of tetrazole rings is 1. The van der Waals surface area contributed by atoms with Crippen molar-refractivity contribution >= 4 is 17.4 Å². The minimum atomic E-state index is 0.457. The topological polar surface area (TPSA) is 82.5 Å². The summed E-state index contributed by atoms with van der Waals surface area (Å²) in [6.45, 7) is 1.96. The molecule has 1 fully saturated rings. The molecule has 0 radical (unpaired) electrons. The number of pyridine rings is 1. The summed E-state index contributed by atoms with van der Waals surface area (Å²) in [5.74, 6) is 0. The van der Waals surface area contributed by atoms with E-state index in [0.717, 1.165) is 28.6 Å². The highest BCUT2D eigenvalue weighted by atomic mass is 32.2. The Morgan fingerprint density at radius 1 is 1.47 bits per heavy atom. The van der Waals surface area contributed by atoms with E-state index < -0.39 is 0 Å². The van der Waals surface area contributed by atoms with Gasteiger partial charge < -0.3 is 5.73 Å². The third-order valence-corrected chi connectivity index (χ3v) is 3.68. The molecular formula is C10H12N6S. The summed E-state index contributed by atoms with van der Waals surface area (Å²) in [5, 5.41) is 13.2. The first-order valence-electron chi connectivity index (χ1n) is 5.42. The van der Waals surface area contributed by atoms with Crippen LogP contribution < -0.4 is 5.73 Å². The third kappa shape index (κ3) is 1.97. The molecule has 6 nitrogen and oxygen atoms in total. The van der Waals surface area contributed by atoms with Gasteiger partial charge in [0.25, 0.3) is 0 Å². The predicted molar refractivity (Wildman–Crippen MR) is 63.6 cm³/mol. The van der Waals surface area contributed by atoms with Gasteiger partial charge in [0.05, 0.1) is 11.7 Å². The molecule has 2 aromatic heterocycles. The second-order valence-corrected chi connectivity index (χ2v) is 5.04. The molecule has 0 amide bonds. The summed E-state index contributed by atoms with van der Waals surface area (Å²) in [6, 6.07) is 2.35. The first kappa shape index (κ1) is 10.5. The molecular weight excluding hydrogens is 236 g/mol. The fourth-order valence-electron chi connectivity index (χ4n) is 1.51. The highest BCUT2D eigenvalue weighted by Crippen LogP contribution is 2.38. The van der Waals surface area contributed by atoms with Crippen molar-refractivity contribution in [3.63, 3.8) is 0 Å². The molecule has 0 bridgehead atoms. The van der Waals surface area contributed by atoms with Gasteiger partial charge >= 0.3 is 0 Å². The van der Waals surface area contributed by atoms with Crippen LogP contribution >= 0.6 is 11.8 Å². The Morgan fingerprint density at radius 3 is 3.06 bits per heavy atom. The number of nitrogens with zero attached hydrogens (tertiary/aromatic N) is 5. The van der Waals surface area contributed by atoms with Crippen molar-refractivity contribution in [2.75, 3.05) is 5.73 Å². The van der Waals surface area contributed by atoms with Crippen molar-refractivity contribution < 1.29 is 0 Å². The normalized spacial score (nSPS) is 15.1. The zero-order chi connectivity index (χ0) is 11.8. The maximum absolute atomic E-state index is 5.98. The fourth-order valence-corrected chi connectivity index (χ4v) is 2.43. The van der Waals surface area contributed by atoms with Crippen LogP contribution in [0.15, 0.2) is 22.4 Å². The standard InChI is InChI=1S/C10H12N6S/c1-6-4-5-12-9(8(6)11)17-10-13-14-15-16(10)7-2-3-7/h4-5,7H,2-3,11H2,1H3. The largest absolute Gasteiger partial charge is 0.396 e. The number of rotatable bonds is 3. The number of aryl methyl sites for hydroxylation is 1. The Hall–Kier alpha value is -1.63. The summed E-state index contributed by atoms with van der Waals surface area (Å²) >= 11 is 1.42. The third-order valence-electron chi connectivity index (χ3n) is 2.71. The lowest BCUT2D eigenvalue weighted by molar-refractivity contribution is 0.565. The minimum Gasteiger partial charge on any atom is -0.396 e. The number of nitrogen functional groups attached to an aromatic ring is 1. The SMILES string of the molecule is Cc1ccnc(Sc2nnnn2C2CC2)c1N. The highest BCUT2D eigenvalue weighted by Gasteiger charge is 2.28. The van der Waals surface area contributed by atoms with E-state index >= 15 is 0 Å². The number of anilines is 1. The molecule has 0 saturated heterocycles. The molecule has 88 valence electrons. The van der Waals surface area contributed by atoms with Crippen LogP contribution in [-0.4, -0.2) is 25.2 Å². The van der Waals surface area contributed by atoms with Gasteiger partial charge in [0, 0.05) is 6.20 Å². The smallest absolute Gasteiger partial charge is 0.215 e. The highest BCUT2D eigenvalue weighted by molar-refractivity contribution is 7.99. The van der Waals surface area contributed by atoms with Gasteiger partial charge in [0.15, 0.2) is 0 Å². The van der Waals surface area contributed by atoms with Crippen molar-refractivity contribution in [2.24, 2.45) is 0 Å². The zero-order valence-corrected chi connectivity index (χ0v) is 10.2. The molecule has 1 aliphatic carbocycles. The minimum absolute atomic E-state index is 0.457. The Bertz CT molecular complexity index is 547. The number of hydrogen-bond donors (Lipinski definition) is 1. The fraction of sp³-hybridized carbons (Fsp3) is 0.400. The first-order chi connectivity index (χ1) is 8.25. The monoisotopic (exact) mass is 248 g/mol. The molecule has 1 aliphatic rings. The Balaban J connectivity index is 1.91. The van der Waals surface area contributed by atoms with Crippen LogP contribution in [0.1, 0.15) is 24.4 Å². The molecule has 17 heavy (non-hydrogen) atoms. The van der Waals surface area contributed by atoms with Crippen LogP contribution in [0.3, 0.4) is 0 Å². The Labute approximate surface area is 103 Å². The van der Waals surface area contributed by atoms with Gasteiger partial charge in [-0.15, -0.1) is 5.10 Å². The van der Waals surface area contributed by atoms with Crippen LogP contribution in [0.25, 0.3) is 0 Å². The molecule has 1 saturated carbocycles. The molecule has 3 rings (SSSR count). The molecule has 0 atom stereocenters. The second-order valence-electron chi connectivity index (χ2n) is 4.09. The molecule has 2 heterocycles. The van der Waals surface area contributed by atoms with Gasteiger partial charge in [-0.3, -0.25) is 0 Å². The van der Waals surface area contributed by atoms with E-state index in [0.29, 0.717) is 11.7 Å². The average Bonchev–Trinajstić information content (AvgIpc) is 3.06. The molecule has 0 aromatic carbocycles. The van der Waals surface area contributed by atoms with Crippen LogP contribution in [0.4, 0.5) is 5.69 Å². The van der Waals surface area contributed by atoms with Crippen molar-refractivity contribution in [1.82, 2.24) is 25.2 Å². The van der Waals surface area contributed by atoms with Crippen molar-refractivity contribution in [2.45, 2.75) is 36.0 Å². The van der Waals surface area contributed by atoms with E-state index in [4.69, 9.17) is 5.73 Å². The van der Waals surface area contributed by atoms with Crippen LogP contribution in [-0.2, 0) is 0 Å². The quantitative estimate of drug-likeness (QED) is 0.885. The maximum Gasteiger partial charge on any atom is 0.215 e. The summed E-state index contributed by atoms with van der Waals surface area (Å²) in [6.07, 6.45) is 4.05. The lowest BCUT2D eigenvalue weighted by Gasteiger charge is -2.06. The molecule has 2 aromatic rings. The van der Waals surface area contributed by atoms with Gasteiger partial charge in [0.1, 0.15) is 5.03 Å². The van der Waals surface area contributed by atoms with Crippen LogP contribution in [0, 0.1) is 6.92 Å². The average molecular weight is 248 g/mol. The van der Waals surface area contributed by atoms with E-state index in [1.165, 1.54) is 11.8 Å². The lowest BCUT2D eigenvalue weighted by Crippen LogP contribution is -2.00. The van der Waals surface area contributed by atoms with Crippen molar-refractivity contribution in [1.29, 1.82) is 0 Å². The number of hydrogen-bond acceptors (Lipinski definition) is 6. The Morgan fingerprint density at radius 2 is 2.29 bits per heavy atom. The van der Waals surface area contributed by atoms with Gasteiger partial charge in [-0.2, -0.15) is 0 Å². The zero-order valence-electron chi connectivity index (χ0n) is 9.37. The second kappa shape index (κ2) is 3.99. The van der Waals surface area contributed by atoms with E-state index in [9.17, 15) is 0 Å². The summed E-state index contributed by atoms with van der Waals surface area (Å²) in [4.78, 5) is 4.26. The van der Waals surface area contributed by atoms with Gasteiger partial charge in [-0.1, -0.05) is 0 Å². The maximum atomic E-state index is 5.98. The van der Waals surface area contributed by atoms with Gasteiger partial charge in [-0.05, 0) is 53.6 Å². The van der Waals surface area contributed by atoms with Crippen LogP contribution in [0.5, 0.6) is 0 Å². The van der Waals surface area contributed by atoms with Crippen LogP contribution in [0.2, 0.25) is 0 Å². The van der Waals surface area contributed by atoms with E-state index in [2.05, 4.69) is 20.5 Å². The number of nitrogens with two attached hydrogens (primary N) is 1. The molecule has 2 N–H and O–H groups in total. The van der Waals surface area contributed by atoms with E-state index in [1.807, 2.05) is 17.7 Å². The molecule has 7 heteroatoms. The number of aromatic nitrogens is 5. The summed E-state index contributed by atoms with van der Waals surface area (Å²) in [7, 11) is 0. The molecule has 0 aliphatic heterocycles. The first-order valence-corrected chi connectivity index (χ1v) is 6.24. The summed E-state index contributed by atoms with van der Waals surface area (Å²) < 4.78 is 1.86. The Kier molecular flexibility index (Phi) is 2.47. The van der Waals surface area contributed by atoms with Crippen molar-refractivity contribution in [3.05, 3.63) is 17.8 Å².